The highest BCUT2D eigenvalue weighted by Crippen LogP contribution is 2.20. The largest absolute Gasteiger partial charge is 0.373 e. The van der Waals surface area contributed by atoms with Crippen LogP contribution in [0.1, 0.15) is 26.2 Å². The molecule has 1 unspecified atom stereocenters. The van der Waals surface area contributed by atoms with Gasteiger partial charge in [0.05, 0.1) is 0 Å². The van der Waals surface area contributed by atoms with Crippen LogP contribution >= 0.6 is 22.6 Å². The minimum Gasteiger partial charge on any atom is -0.373 e. The molecule has 1 aliphatic heterocycles. The van der Waals surface area contributed by atoms with Crippen molar-refractivity contribution in [3.05, 3.63) is 27.6 Å². The molecule has 1 heterocycles. The highest BCUT2D eigenvalue weighted by Gasteiger charge is 2.22. The normalized spacial score (nSPS) is 17.1. The molecule has 104 valence electrons. The Hall–Kier alpha value is -0.850. The molecule has 0 spiro atoms. The monoisotopic (exact) mass is 376 g/mol. The minimum absolute atomic E-state index is 0.125. The van der Waals surface area contributed by atoms with Crippen molar-refractivity contribution in [1.82, 2.24) is 4.90 Å². The summed E-state index contributed by atoms with van der Waals surface area (Å²) in [5, 5.41) is 3.17. The van der Waals surface area contributed by atoms with Crippen molar-refractivity contribution in [2.75, 3.05) is 18.4 Å². The zero-order chi connectivity index (χ0) is 13.8. The summed E-state index contributed by atoms with van der Waals surface area (Å²) in [7, 11) is 0. The molecule has 19 heavy (non-hydrogen) atoms. The number of hydrogen-bond acceptors (Lipinski definition) is 2. The van der Waals surface area contributed by atoms with Crippen LogP contribution in [0.2, 0.25) is 0 Å². The van der Waals surface area contributed by atoms with Gasteiger partial charge in [0.1, 0.15) is 11.9 Å². The Balaban J connectivity index is 1.99. The number of carbonyl (C=O) groups excluding carboxylic acids is 1. The minimum atomic E-state index is -0.280. The van der Waals surface area contributed by atoms with Gasteiger partial charge in [0.25, 0.3) is 0 Å². The number of nitrogens with one attached hydrogen (secondary N) is 1. The second-order valence-electron chi connectivity index (χ2n) is 4.88. The summed E-state index contributed by atoms with van der Waals surface area (Å²) < 4.78 is 13.8. The molecular weight excluding hydrogens is 358 g/mol. The van der Waals surface area contributed by atoms with Crippen LogP contribution in [0.4, 0.5) is 10.1 Å². The number of carbonyl (C=O) groups is 1. The Morgan fingerprint density at radius 2 is 2.05 bits per heavy atom. The van der Waals surface area contributed by atoms with Gasteiger partial charge in [-0.1, -0.05) is 0 Å². The molecule has 1 aromatic rings. The molecule has 1 N–H and O–H groups in total. The van der Waals surface area contributed by atoms with Crippen LogP contribution in [0.15, 0.2) is 18.2 Å². The van der Waals surface area contributed by atoms with Gasteiger partial charge in [0.2, 0.25) is 5.91 Å². The van der Waals surface area contributed by atoms with E-state index in [1.54, 1.807) is 6.07 Å². The number of hydrogen-bond donors (Lipinski definition) is 1. The molecule has 1 saturated heterocycles. The molecule has 1 amide bonds. The van der Waals surface area contributed by atoms with Gasteiger partial charge < -0.3 is 10.2 Å². The fraction of sp³-hybridized carbons (Fsp3) is 0.500. The Bertz CT molecular complexity index is 461. The number of nitrogens with zero attached hydrogens (tertiary/aromatic N) is 1. The van der Waals surface area contributed by atoms with Crippen LogP contribution in [-0.2, 0) is 4.79 Å². The Morgan fingerprint density at radius 3 is 2.68 bits per heavy atom. The van der Waals surface area contributed by atoms with Crippen molar-refractivity contribution >= 4 is 34.2 Å². The van der Waals surface area contributed by atoms with Crippen LogP contribution in [0, 0.1) is 9.39 Å². The third-order valence-electron chi connectivity index (χ3n) is 3.34. The van der Waals surface area contributed by atoms with E-state index < -0.39 is 0 Å². The molecule has 5 heteroatoms. The Morgan fingerprint density at radius 1 is 1.37 bits per heavy atom. The first kappa shape index (κ1) is 14.6. The zero-order valence-electron chi connectivity index (χ0n) is 11.0. The zero-order valence-corrected chi connectivity index (χ0v) is 13.1. The molecule has 0 saturated carbocycles. The predicted octanol–water partition coefficient (Wildman–Crippen LogP) is 3.24. The van der Waals surface area contributed by atoms with Gasteiger partial charge in [0, 0.05) is 22.3 Å². The number of anilines is 1. The number of benzene rings is 1. The van der Waals surface area contributed by atoms with Crippen molar-refractivity contribution < 1.29 is 9.18 Å². The third kappa shape index (κ3) is 3.81. The van der Waals surface area contributed by atoms with Gasteiger partial charge in [-0.25, -0.2) is 4.39 Å². The Labute approximate surface area is 126 Å². The molecule has 1 aromatic carbocycles. The van der Waals surface area contributed by atoms with Crippen LogP contribution in [0.3, 0.4) is 0 Å². The summed E-state index contributed by atoms with van der Waals surface area (Å²) in [6.07, 6.45) is 3.39. The summed E-state index contributed by atoms with van der Waals surface area (Å²) in [5.74, 6) is -0.134. The highest BCUT2D eigenvalue weighted by atomic mass is 127. The van der Waals surface area contributed by atoms with E-state index in [4.69, 9.17) is 0 Å². The number of amides is 1. The molecular formula is C14H18FIN2O. The van der Waals surface area contributed by atoms with Crippen LogP contribution in [0.25, 0.3) is 0 Å². The van der Waals surface area contributed by atoms with Crippen LogP contribution in [0.5, 0.6) is 0 Å². The van der Waals surface area contributed by atoms with Crippen molar-refractivity contribution in [3.8, 4) is 0 Å². The van der Waals surface area contributed by atoms with Crippen LogP contribution < -0.4 is 5.32 Å². The van der Waals surface area contributed by atoms with Crippen molar-refractivity contribution in [3.63, 3.8) is 0 Å². The lowest BCUT2D eigenvalue weighted by atomic mass is 10.1. The van der Waals surface area contributed by atoms with E-state index >= 15 is 0 Å². The van der Waals surface area contributed by atoms with E-state index in [9.17, 15) is 9.18 Å². The molecule has 0 aliphatic carbocycles. The third-order valence-corrected chi connectivity index (χ3v) is 4.23. The SMILES string of the molecule is CC(Nc1ccc(F)cc1I)C(=O)N1CCCCC1. The summed E-state index contributed by atoms with van der Waals surface area (Å²) >= 11 is 2.07. The van der Waals surface area contributed by atoms with Gasteiger partial charge in [-0.2, -0.15) is 0 Å². The molecule has 0 bridgehead atoms. The number of rotatable bonds is 3. The van der Waals surface area contributed by atoms with Gasteiger partial charge in [0.15, 0.2) is 0 Å². The lowest BCUT2D eigenvalue weighted by molar-refractivity contribution is -0.132. The molecule has 1 fully saturated rings. The topological polar surface area (TPSA) is 32.3 Å². The van der Waals surface area contributed by atoms with Crippen molar-refractivity contribution in [2.24, 2.45) is 0 Å². The van der Waals surface area contributed by atoms with Crippen LogP contribution in [-0.4, -0.2) is 29.9 Å². The lowest BCUT2D eigenvalue weighted by Gasteiger charge is -2.30. The second kappa shape index (κ2) is 6.54. The molecule has 0 radical (unpaired) electrons. The van der Waals surface area contributed by atoms with Gasteiger partial charge in [-0.05, 0) is 67.0 Å². The van der Waals surface area contributed by atoms with E-state index in [1.807, 2.05) is 11.8 Å². The highest BCUT2D eigenvalue weighted by molar-refractivity contribution is 14.1. The first-order valence-electron chi connectivity index (χ1n) is 6.58. The summed E-state index contributed by atoms with van der Waals surface area (Å²) in [6.45, 7) is 3.56. The van der Waals surface area contributed by atoms with E-state index in [0.29, 0.717) is 0 Å². The first-order valence-corrected chi connectivity index (χ1v) is 7.66. The molecule has 1 atom stereocenters. The van der Waals surface area contributed by atoms with E-state index in [0.717, 1.165) is 35.2 Å². The standard InChI is InChI=1S/C14H18FIN2O/c1-10(14(19)18-7-3-2-4-8-18)17-13-6-5-11(15)9-12(13)16/h5-6,9-10,17H,2-4,7-8H2,1H3. The molecule has 1 aliphatic rings. The smallest absolute Gasteiger partial charge is 0.244 e. The summed E-state index contributed by atoms with van der Waals surface area (Å²) in [5.41, 5.74) is 0.805. The maximum Gasteiger partial charge on any atom is 0.244 e. The van der Waals surface area contributed by atoms with E-state index in [-0.39, 0.29) is 17.8 Å². The maximum atomic E-state index is 13.0. The fourth-order valence-corrected chi connectivity index (χ4v) is 2.92. The average Bonchev–Trinajstić information content (AvgIpc) is 2.42. The summed E-state index contributed by atoms with van der Waals surface area (Å²) in [4.78, 5) is 14.2. The molecule has 0 aromatic heterocycles. The van der Waals surface area contributed by atoms with E-state index in [2.05, 4.69) is 27.9 Å². The molecule has 3 nitrogen and oxygen atoms in total. The molecule has 2 rings (SSSR count). The van der Waals surface area contributed by atoms with Gasteiger partial charge in [-0.15, -0.1) is 0 Å². The lowest BCUT2D eigenvalue weighted by Crippen LogP contribution is -2.44. The number of likely N-dealkylation sites (tertiary alicyclic amines) is 1. The predicted molar refractivity (Wildman–Crippen MR) is 82.6 cm³/mol. The summed E-state index contributed by atoms with van der Waals surface area (Å²) in [6, 6.07) is 4.26. The number of halogens is 2. The Kier molecular flexibility index (Phi) is 5.01. The fourth-order valence-electron chi connectivity index (χ4n) is 2.29. The maximum absolute atomic E-state index is 13.0. The van der Waals surface area contributed by atoms with Crippen molar-refractivity contribution in [1.29, 1.82) is 0 Å². The average molecular weight is 376 g/mol. The van der Waals surface area contributed by atoms with Gasteiger partial charge in [-0.3, -0.25) is 4.79 Å². The second-order valence-corrected chi connectivity index (χ2v) is 6.04. The quantitative estimate of drug-likeness (QED) is 0.822. The van der Waals surface area contributed by atoms with Crippen molar-refractivity contribution in [2.45, 2.75) is 32.2 Å². The van der Waals surface area contributed by atoms with Gasteiger partial charge >= 0.3 is 0 Å². The number of piperidine rings is 1. The van der Waals surface area contributed by atoms with E-state index in [1.165, 1.54) is 18.6 Å². The first-order chi connectivity index (χ1) is 9.08.